The number of aliphatic hydroxyl groups excluding tert-OH is 9. The van der Waals surface area contributed by atoms with Crippen LogP contribution in [0.5, 0.6) is 0 Å². The first-order chi connectivity index (χ1) is 36.6. The molecule has 78 heavy (non-hydrogen) atoms. The van der Waals surface area contributed by atoms with Gasteiger partial charge in [0.2, 0.25) is 53.2 Å². The Labute approximate surface area is 449 Å². The van der Waals surface area contributed by atoms with Crippen LogP contribution >= 0.6 is 0 Å². The van der Waals surface area contributed by atoms with Crippen LogP contribution in [-0.4, -0.2) is 264 Å². The van der Waals surface area contributed by atoms with Gasteiger partial charge in [0.25, 0.3) is 0 Å². The molecule has 17 N–H and O–H groups in total. The number of carbonyl (C=O) groups excluding carboxylic acids is 9. The van der Waals surface area contributed by atoms with Crippen LogP contribution in [0.25, 0.3) is 0 Å². The minimum absolute atomic E-state index is 0.0293. The topological polar surface area (TPSA) is 477 Å². The second-order valence-electron chi connectivity index (χ2n) is 20.1. The molecule has 31 nitrogen and oxygen atoms in total. The predicted molar refractivity (Wildman–Crippen MR) is 262 cm³/mol. The molecule has 9 amide bonds. The third kappa shape index (κ3) is 16.0. The van der Waals surface area contributed by atoms with E-state index >= 15 is 0 Å². The van der Waals surface area contributed by atoms with Gasteiger partial charge in [0, 0.05) is 26.9 Å². The standard InChI is InChI=1S/C47H79N9O22/c1-8-18(2)29(43(72)50-24(15-57)40(69)52-30(19(3)60)39(48)68)51-42(71)26-12-10-14-56(26)45(74)31(20(4)61)53-44(73)32(54-41(70)25-11-9-13-55(25)23(7)63)21(5)75-46-33(49-22(6)62)38(35(65)28(17-59)76-46)78-47-37(67)36(66)34(64)27(16-58)77-47/h18-21,24-38,46-47,57-61,64-67H,8-17H2,1-7H3,(H2,48,68)(H,49,62)(H,50,72)(H,51,71)(H,52,69)(H,53,73)(H,54,70)/t18-,19+,20+,21+,24-,25-,26-,27+,28+,29-,30-,31-,32-,33+,34-,35-,36-,37+,38+,46-,47-/m0/s1. The Kier molecular flexibility index (Phi) is 24.5. The van der Waals surface area contributed by atoms with Crippen molar-refractivity contribution in [3.8, 4) is 0 Å². The van der Waals surface area contributed by atoms with E-state index in [0.29, 0.717) is 6.42 Å². The van der Waals surface area contributed by atoms with E-state index in [1.54, 1.807) is 13.8 Å². The fourth-order valence-electron chi connectivity index (χ4n) is 9.62. The molecular weight excluding hydrogens is 1040 g/mol. The zero-order valence-electron chi connectivity index (χ0n) is 44.5. The van der Waals surface area contributed by atoms with Crippen molar-refractivity contribution in [1.82, 2.24) is 41.7 Å². The number of nitrogens with one attached hydrogen (secondary N) is 6. The van der Waals surface area contributed by atoms with Crippen molar-refractivity contribution in [2.45, 2.75) is 203 Å². The fourth-order valence-corrected chi connectivity index (χ4v) is 9.62. The molecule has 4 rings (SSSR count). The largest absolute Gasteiger partial charge is 0.394 e. The maximum atomic E-state index is 14.7. The molecule has 0 aromatic rings. The number of primary amides is 1. The summed E-state index contributed by atoms with van der Waals surface area (Å²) in [5.41, 5.74) is 5.26. The number of nitrogens with two attached hydrogens (primary N) is 1. The highest BCUT2D eigenvalue weighted by atomic mass is 16.7. The number of ether oxygens (including phenoxy) is 4. The maximum Gasteiger partial charge on any atom is 0.248 e. The van der Waals surface area contributed by atoms with Gasteiger partial charge in [0.15, 0.2) is 12.6 Å². The van der Waals surface area contributed by atoms with Crippen LogP contribution in [0.4, 0.5) is 0 Å². The van der Waals surface area contributed by atoms with Crippen LogP contribution < -0.4 is 37.6 Å². The number of hydrogen-bond donors (Lipinski definition) is 16. The summed E-state index contributed by atoms with van der Waals surface area (Å²) in [5, 5.41) is 109. The molecule has 4 heterocycles. The molecule has 4 aliphatic heterocycles. The van der Waals surface area contributed by atoms with Crippen LogP contribution in [0.2, 0.25) is 0 Å². The lowest BCUT2D eigenvalue weighted by Gasteiger charge is -2.48. The lowest BCUT2D eigenvalue weighted by molar-refractivity contribution is -0.347. The summed E-state index contributed by atoms with van der Waals surface area (Å²) >= 11 is 0. The van der Waals surface area contributed by atoms with E-state index < -0.39 is 201 Å². The molecule has 0 saturated carbocycles. The number of likely N-dealkylation sites (tertiary alicyclic amines) is 2. The molecule has 0 aromatic carbocycles. The predicted octanol–water partition coefficient (Wildman–Crippen LogP) is -9.13. The quantitative estimate of drug-likeness (QED) is 0.0404. The van der Waals surface area contributed by atoms with Crippen molar-refractivity contribution in [3.05, 3.63) is 0 Å². The molecule has 0 spiro atoms. The minimum atomic E-state index is -2.01. The normalized spacial score (nSPS) is 30.7. The van der Waals surface area contributed by atoms with Gasteiger partial charge in [-0.15, -0.1) is 0 Å². The number of hydrogen-bond acceptors (Lipinski definition) is 22. The maximum absolute atomic E-state index is 14.7. The molecule has 0 bridgehead atoms. The summed E-state index contributed by atoms with van der Waals surface area (Å²) in [7, 11) is 0. The van der Waals surface area contributed by atoms with Gasteiger partial charge in [-0.3, -0.25) is 43.2 Å². The molecule has 21 atom stereocenters. The van der Waals surface area contributed by atoms with Crippen LogP contribution in [0.15, 0.2) is 0 Å². The Morgan fingerprint density at radius 2 is 1.15 bits per heavy atom. The van der Waals surface area contributed by atoms with Crippen molar-refractivity contribution in [2.75, 3.05) is 32.9 Å². The summed E-state index contributed by atoms with van der Waals surface area (Å²) in [6, 6.07) is -12.4. The number of amides is 9. The molecule has 4 saturated heterocycles. The van der Waals surface area contributed by atoms with E-state index in [1.807, 2.05) is 0 Å². The number of aliphatic hydroxyl groups is 9. The van der Waals surface area contributed by atoms with Gasteiger partial charge in [0.05, 0.1) is 38.1 Å². The Hall–Kier alpha value is -5.29. The van der Waals surface area contributed by atoms with E-state index in [-0.39, 0.29) is 38.8 Å². The summed E-state index contributed by atoms with van der Waals surface area (Å²) < 4.78 is 23.4. The second-order valence-corrected chi connectivity index (χ2v) is 20.1. The van der Waals surface area contributed by atoms with Crippen LogP contribution in [0.3, 0.4) is 0 Å². The first kappa shape index (κ1) is 65.2. The van der Waals surface area contributed by atoms with Crippen molar-refractivity contribution >= 4 is 53.2 Å². The number of rotatable bonds is 25. The van der Waals surface area contributed by atoms with Crippen LogP contribution in [-0.2, 0) is 62.1 Å². The first-order valence-electron chi connectivity index (χ1n) is 25.8. The Bertz CT molecular complexity index is 2110. The van der Waals surface area contributed by atoms with Gasteiger partial charge in [-0.1, -0.05) is 20.3 Å². The Morgan fingerprint density at radius 1 is 0.641 bits per heavy atom. The molecule has 4 fully saturated rings. The van der Waals surface area contributed by atoms with Crippen molar-refractivity contribution < 1.29 is 108 Å². The lowest BCUT2D eigenvalue weighted by atomic mass is 9.95. The first-order valence-corrected chi connectivity index (χ1v) is 25.8. The SMILES string of the molecule is CC[C@H](C)[C@H](NC(=O)[C@@H]1CCCN1C(=O)[C@@H](NC(=O)[C@@H](NC(=O)[C@@H]1CCCN1C(C)=O)[C@@H](C)O[C@H]1O[C@H](CO)[C@H](O)[C@H](O[C@@H]2O[C@H](CO)[C@H](O)[C@H](O)[C@H]2O)[C@H]1NC(C)=O)[C@@H](C)O)C(=O)N[C@@H](CO)C(=O)N[C@H](C(N)=O)[C@@H](C)O. The zero-order valence-corrected chi connectivity index (χ0v) is 44.5. The summed E-state index contributed by atoms with van der Waals surface area (Å²) in [5.74, 6) is -8.89. The van der Waals surface area contributed by atoms with Gasteiger partial charge in [-0.05, 0) is 52.4 Å². The highest BCUT2D eigenvalue weighted by molar-refractivity contribution is 5.98. The molecule has 4 aliphatic rings. The number of carbonyl (C=O) groups is 9. The van der Waals surface area contributed by atoms with Gasteiger partial charge in [-0.25, -0.2) is 0 Å². The van der Waals surface area contributed by atoms with E-state index in [9.17, 15) is 89.1 Å². The van der Waals surface area contributed by atoms with Crippen molar-refractivity contribution in [1.29, 1.82) is 0 Å². The molecule has 0 aromatic heterocycles. The van der Waals surface area contributed by atoms with Gasteiger partial charge in [0.1, 0.15) is 91.1 Å². The highest BCUT2D eigenvalue weighted by Crippen LogP contribution is 2.31. The minimum Gasteiger partial charge on any atom is -0.394 e. The highest BCUT2D eigenvalue weighted by Gasteiger charge is 2.53. The van der Waals surface area contributed by atoms with Gasteiger partial charge in [-0.2, -0.15) is 0 Å². The molecule has 31 heteroatoms. The average Bonchev–Trinajstić information content (AvgIpc) is 4.12. The van der Waals surface area contributed by atoms with Gasteiger partial charge >= 0.3 is 0 Å². The van der Waals surface area contributed by atoms with E-state index in [2.05, 4.69) is 31.9 Å². The average molecular weight is 1120 g/mol. The molecule has 0 aliphatic carbocycles. The zero-order chi connectivity index (χ0) is 58.6. The van der Waals surface area contributed by atoms with E-state index in [0.717, 1.165) is 18.7 Å². The lowest BCUT2D eigenvalue weighted by Crippen LogP contribution is -2.69. The smallest absolute Gasteiger partial charge is 0.248 e. The van der Waals surface area contributed by atoms with E-state index in [4.69, 9.17) is 24.7 Å². The summed E-state index contributed by atoms with van der Waals surface area (Å²) in [4.78, 5) is 123. The summed E-state index contributed by atoms with van der Waals surface area (Å²) in [6.07, 6.45) is -19.8. The van der Waals surface area contributed by atoms with E-state index in [1.165, 1.54) is 25.7 Å². The third-order valence-electron chi connectivity index (χ3n) is 14.3. The molecule has 444 valence electrons. The van der Waals surface area contributed by atoms with Crippen molar-refractivity contribution in [2.24, 2.45) is 11.7 Å². The molecular formula is C47H79N9O22. The summed E-state index contributed by atoms with van der Waals surface area (Å²) in [6.45, 7) is 6.49. The Balaban J connectivity index is 1.63. The van der Waals surface area contributed by atoms with Crippen molar-refractivity contribution in [3.63, 3.8) is 0 Å². The fraction of sp³-hybridized carbons (Fsp3) is 0.809. The number of nitrogens with zero attached hydrogens (tertiary/aromatic N) is 2. The van der Waals surface area contributed by atoms with Crippen LogP contribution in [0.1, 0.15) is 80.6 Å². The Morgan fingerprint density at radius 3 is 1.67 bits per heavy atom. The third-order valence-corrected chi connectivity index (χ3v) is 14.3. The van der Waals surface area contributed by atoms with Crippen LogP contribution in [0, 0.1) is 5.92 Å². The molecule has 0 radical (unpaired) electrons. The monoisotopic (exact) mass is 1120 g/mol. The second kappa shape index (κ2) is 29.3. The molecule has 0 unspecified atom stereocenters. The van der Waals surface area contributed by atoms with Gasteiger partial charge < -0.3 is 112 Å².